The van der Waals surface area contributed by atoms with Crippen LogP contribution in [0.25, 0.3) is 0 Å². The number of hydrogen-bond donors (Lipinski definition) is 2. The van der Waals surface area contributed by atoms with Gasteiger partial charge < -0.3 is 10.6 Å². The van der Waals surface area contributed by atoms with Gasteiger partial charge in [0.2, 0.25) is 10.0 Å². The molecule has 0 amide bonds. The minimum Gasteiger partial charge on any atom is -0.399 e. The van der Waals surface area contributed by atoms with Gasteiger partial charge >= 0.3 is 0 Å². The second kappa shape index (κ2) is 5.29. The molecule has 4 rings (SSSR count). The molecule has 1 unspecified atom stereocenters. The van der Waals surface area contributed by atoms with Crippen molar-refractivity contribution >= 4 is 31.6 Å². The highest BCUT2D eigenvalue weighted by Gasteiger charge is 2.36. The molecule has 1 atom stereocenters. The fourth-order valence-electron chi connectivity index (χ4n) is 3.10. The van der Waals surface area contributed by atoms with Gasteiger partial charge in [-0.05, 0) is 66.0 Å². The van der Waals surface area contributed by atoms with Crippen LogP contribution in [0.3, 0.4) is 0 Å². The van der Waals surface area contributed by atoms with E-state index < -0.39 is 10.0 Å². The van der Waals surface area contributed by atoms with Crippen LogP contribution in [0.1, 0.15) is 12.8 Å². The van der Waals surface area contributed by atoms with E-state index in [0.29, 0.717) is 16.1 Å². The molecule has 3 heterocycles. The van der Waals surface area contributed by atoms with Crippen molar-refractivity contribution in [3.63, 3.8) is 0 Å². The highest BCUT2D eigenvalue weighted by atomic mass is 79.9. The van der Waals surface area contributed by atoms with Gasteiger partial charge in [0, 0.05) is 22.7 Å². The summed E-state index contributed by atoms with van der Waals surface area (Å²) in [5, 5.41) is 0. The molecule has 110 valence electrons. The molecule has 0 radical (unpaired) electrons. The number of nitrogens with one attached hydrogen (secondary N) is 1. The van der Waals surface area contributed by atoms with E-state index in [2.05, 4.69) is 25.6 Å². The summed E-state index contributed by atoms with van der Waals surface area (Å²) in [6.07, 6.45) is 2.16. The lowest BCUT2D eigenvalue weighted by Crippen LogP contribution is -2.57. The molecular weight excluding hydrogens is 342 g/mol. The topological polar surface area (TPSA) is 75.4 Å². The first-order valence-electron chi connectivity index (χ1n) is 6.75. The number of anilines is 1. The lowest BCUT2D eigenvalue weighted by Gasteiger charge is -2.44. The van der Waals surface area contributed by atoms with Crippen molar-refractivity contribution in [2.45, 2.75) is 23.8 Å². The van der Waals surface area contributed by atoms with Gasteiger partial charge in [-0.15, -0.1) is 0 Å². The minimum atomic E-state index is -3.51. The summed E-state index contributed by atoms with van der Waals surface area (Å²) in [6, 6.07) is 4.79. The maximum atomic E-state index is 12.5. The number of piperidine rings is 3. The van der Waals surface area contributed by atoms with Gasteiger partial charge in [0.05, 0.1) is 4.90 Å². The molecule has 3 N–H and O–H groups in total. The third kappa shape index (κ3) is 2.72. The standard InChI is InChI=1S/C13H18BrN3O2S/c14-11-7-10(15)1-2-13(11)20(18,19)16-12-8-17-5-3-9(12)4-6-17/h1-2,7,9,12,16H,3-6,8,15H2. The Morgan fingerprint density at radius 2 is 2.00 bits per heavy atom. The molecule has 1 aromatic rings. The van der Waals surface area contributed by atoms with E-state index in [-0.39, 0.29) is 10.9 Å². The fraction of sp³-hybridized carbons (Fsp3) is 0.538. The number of nitrogens with two attached hydrogens (primary N) is 1. The molecule has 3 aliphatic rings. The summed E-state index contributed by atoms with van der Waals surface area (Å²) in [7, 11) is -3.51. The van der Waals surface area contributed by atoms with Crippen molar-refractivity contribution < 1.29 is 8.42 Å². The van der Waals surface area contributed by atoms with Gasteiger partial charge in [0.1, 0.15) is 0 Å². The molecule has 2 bridgehead atoms. The number of nitrogens with zero attached hydrogens (tertiary/aromatic N) is 1. The van der Waals surface area contributed by atoms with Crippen LogP contribution in [-0.4, -0.2) is 39.0 Å². The number of fused-ring (bicyclic) bond motifs is 3. The Hall–Kier alpha value is -0.630. The number of nitrogen functional groups attached to an aromatic ring is 1. The second-order valence-electron chi connectivity index (χ2n) is 5.56. The molecule has 3 saturated heterocycles. The van der Waals surface area contributed by atoms with Crippen molar-refractivity contribution in [2.24, 2.45) is 5.92 Å². The van der Waals surface area contributed by atoms with Crippen molar-refractivity contribution in [2.75, 3.05) is 25.4 Å². The van der Waals surface area contributed by atoms with Crippen LogP contribution in [0.5, 0.6) is 0 Å². The Balaban J connectivity index is 1.82. The summed E-state index contributed by atoms with van der Waals surface area (Å²) >= 11 is 3.28. The zero-order valence-corrected chi connectivity index (χ0v) is 13.5. The molecule has 0 spiro atoms. The van der Waals surface area contributed by atoms with Gasteiger partial charge in [-0.3, -0.25) is 0 Å². The minimum absolute atomic E-state index is 0.0203. The van der Waals surface area contributed by atoms with Gasteiger partial charge in [-0.25, -0.2) is 13.1 Å². The smallest absolute Gasteiger partial charge is 0.241 e. The molecule has 5 nitrogen and oxygen atoms in total. The Morgan fingerprint density at radius 3 is 2.55 bits per heavy atom. The highest BCUT2D eigenvalue weighted by molar-refractivity contribution is 9.10. The Kier molecular flexibility index (Phi) is 3.79. The molecule has 3 aliphatic heterocycles. The van der Waals surface area contributed by atoms with Crippen molar-refractivity contribution in [1.82, 2.24) is 9.62 Å². The molecule has 1 aromatic carbocycles. The number of benzene rings is 1. The van der Waals surface area contributed by atoms with Crippen LogP contribution in [0, 0.1) is 5.92 Å². The first-order chi connectivity index (χ1) is 9.45. The Labute approximate surface area is 127 Å². The summed E-state index contributed by atoms with van der Waals surface area (Å²) in [6.45, 7) is 3.00. The van der Waals surface area contributed by atoms with E-state index in [1.54, 1.807) is 18.2 Å². The third-order valence-corrected chi connectivity index (χ3v) is 6.67. The Bertz CT molecular complexity index is 612. The van der Waals surface area contributed by atoms with Crippen LogP contribution >= 0.6 is 15.9 Å². The van der Waals surface area contributed by atoms with Crippen LogP contribution in [-0.2, 0) is 10.0 Å². The molecule has 0 aliphatic carbocycles. The molecule has 20 heavy (non-hydrogen) atoms. The SMILES string of the molecule is Nc1ccc(S(=O)(=O)NC2CN3CCC2CC3)c(Br)c1. The average molecular weight is 360 g/mol. The van der Waals surface area contributed by atoms with Crippen LogP contribution in [0.2, 0.25) is 0 Å². The highest BCUT2D eigenvalue weighted by Crippen LogP contribution is 2.30. The normalized spacial score (nSPS) is 29.6. The number of halogens is 1. The van der Waals surface area contributed by atoms with E-state index >= 15 is 0 Å². The van der Waals surface area contributed by atoms with E-state index in [1.165, 1.54) is 0 Å². The van der Waals surface area contributed by atoms with E-state index in [1.807, 2.05) is 0 Å². The van der Waals surface area contributed by atoms with Crippen molar-refractivity contribution in [1.29, 1.82) is 0 Å². The lowest BCUT2D eigenvalue weighted by atomic mass is 9.85. The number of sulfonamides is 1. The predicted octanol–water partition coefficient (Wildman–Crippen LogP) is 1.40. The van der Waals surface area contributed by atoms with E-state index in [0.717, 1.165) is 32.5 Å². The summed E-state index contributed by atoms with van der Waals surface area (Å²) in [5.74, 6) is 0.460. The summed E-state index contributed by atoms with van der Waals surface area (Å²) < 4.78 is 28.4. The first kappa shape index (κ1) is 14.3. The zero-order chi connectivity index (χ0) is 14.3. The molecule has 0 aromatic heterocycles. The third-order valence-electron chi connectivity index (χ3n) is 4.21. The largest absolute Gasteiger partial charge is 0.399 e. The van der Waals surface area contributed by atoms with Crippen LogP contribution in [0.4, 0.5) is 5.69 Å². The monoisotopic (exact) mass is 359 g/mol. The molecule has 0 saturated carbocycles. The van der Waals surface area contributed by atoms with Gasteiger partial charge in [0.15, 0.2) is 0 Å². The molecular formula is C13H18BrN3O2S. The predicted molar refractivity (Wildman–Crippen MR) is 81.8 cm³/mol. The maximum absolute atomic E-state index is 12.5. The number of rotatable bonds is 3. The fourth-order valence-corrected chi connectivity index (χ4v) is 5.49. The summed E-state index contributed by atoms with van der Waals surface area (Å²) in [4.78, 5) is 2.58. The zero-order valence-electron chi connectivity index (χ0n) is 11.0. The summed E-state index contributed by atoms with van der Waals surface area (Å²) in [5.41, 5.74) is 6.19. The maximum Gasteiger partial charge on any atom is 0.241 e. The molecule has 7 heteroatoms. The van der Waals surface area contributed by atoms with Crippen LogP contribution in [0.15, 0.2) is 27.6 Å². The van der Waals surface area contributed by atoms with E-state index in [4.69, 9.17) is 5.73 Å². The van der Waals surface area contributed by atoms with Crippen molar-refractivity contribution in [3.8, 4) is 0 Å². The lowest BCUT2D eigenvalue weighted by molar-refractivity contribution is 0.0827. The van der Waals surface area contributed by atoms with Gasteiger partial charge in [-0.1, -0.05) is 0 Å². The van der Waals surface area contributed by atoms with Gasteiger partial charge in [-0.2, -0.15) is 0 Å². The van der Waals surface area contributed by atoms with Crippen molar-refractivity contribution in [3.05, 3.63) is 22.7 Å². The average Bonchev–Trinajstić information content (AvgIpc) is 2.39. The first-order valence-corrected chi connectivity index (χ1v) is 9.03. The van der Waals surface area contributed by atoms with E-state index in [9.17, 15) is 8.42 Å². The quantitative estimate of drug-likeness (QED) is 0.800. The number of hydrogen-bond acceptors (Lipinski definition) is 4. The van der Waals surface area contributed by atoms with Gasteiger partial charge in [0.25, 0.3) is 0 Å². The Morgan fingerprint density at radius 1 is 1.30 bits per heavy atom. The molecule has 3 fully saturated rings. The second-order valence-corrected chi connectivity index (χ2v) is 8.09. The van der Waals surface area contributed by atoms with Crippen LogP contribution < -0.4 is 10.5 Å².